The summed E-state index contributed by atoms with van der Waals surface area (Å²) >= 11 is 0. The highest BCUT2D eigenvalue weighted by Crippen LogP contribution is 2.22. The number of rotatable bonds is 5. The average Bonchev–Trinajstić information content (AvgIpc) is 3.11. The van der Waals surface area contributed by atoms with Crippen molar-refractivity contribution in [3.63, 3.8) is 0 Å². The highest BCUT2D eigenvalue weighted by atomic mass is 19.1. The van der Waals surface area contributed by atoms with Gasteiger partial charge in [-0.05, 0) is 31.4 Å². The summed E-state index contributed by atoms with van der Waals surface area (Å²) in [5.74, 6) is 0.946. The van der Waals surface area contributed by atoms with Gasteiger partial charge in [-0.3, -0.25) is 0 Å². The lowest BCUT2D eigenvalue weighted by molar-refractivity contribution is 0.411. The predicted octanol–water partition coefficient (Wildman–Crippen LogP) is 2.98. The van der Waals surface area contributed by atoms with E-state index >= 15 is 0 Å². The van der Waals surface area contributed by atoms with E-state index in [1.807, 2.05) is 30.0 Å². The summed E-state index contributed by atoms with van der Waals surface area (Å²) < 4.78 is 19.3. The van der Waals surface area contributed by atoms with E-state index in [0.29, 0.717) is 5.82 Å². The number of benzene rings is 1. The highest BCUT2D eigenvalue weighted by Gasteiger charge is 2.18. The van der Waals surface area contributed by atoms with E-state index in [9.17, 15) is 4.39 Å². The van der Waals surface area contributed by atoms with Crippen LogP contribution in [0.5, 0.6) is 5.75 Å². The Kier molecular flexibility index (Phi) is 4.88. The lowest BCUT2D eigenvalue weighted by atomic mass is 10.1. The maximum atomic E-state index is 13.9. The molecular weight excluding hydrogens is 309 g/mol. The standard InChI is InChI=1S/C17H20FN5O/c1-12-6-5-7-13(15(12)24-2)10-20-22-17-19-11-14(18)16(21-17)23-8-3-4-9-23/h5-7,10-11H,3-4,8-9H2,1-2H3,(H,19,21,22). The topological polar surface area (TPSA) is 62.6 Å². The fraction of sp³-hybridized carbons (Fsp3) is 0.353. The van der Waals surface area contributed by atoms with E-state index in [1.165, 1.54) is 6.20 Å². The van der Waals surface area contributed by atoms with Gasteiger partial charge < -0.3 is 9.64 Å². The number of para-hydroxylation sites is 1. The van der Waals surface area contributed by atoms with Gasteiger partial charge in [-0.25, -0.2) is 14.8 Å². The molecule has 1 aliphatic rings. The summed E-state index contributed by atoms with van der Waals surface area (Å²) in [5.41, 5.74) is 4.62. The third-order valence-corrected chi connectivity index (χ3v) is 3.95. The minimum Gasteiger partial charge on any atom is -0.496 e. The molecule has 1 aromatic carbocycles. The number of ether oxygens (including phenoxy) is 1. The van der Waals surface area contributed by atoms with Crippen molar-refractivity contribution >= 4 is 18.0 Å². The number of aromatic nitrogens is 2. The number of hydrogen-bond donors (Lipinski definition) is 1. The van der Waals surface area contributed by atoms with Crippen molar-refractivity contribution in [3.8, 4) is 5.75 Å². The second-order valence-electron chi connectivity index (χ2n) is 5.63. The van der Waals surface area contributed by atoms with Crippen LogP contribution in [0, 0.1) is 12.7 Å². The van der Waals surface area contributed by atoms with Crippen molar-refractivity contribution in [1.82, 2.24) is 9.97 Å². The van der Waals surface area contributed by atoms with Gasteiger partial charge in [0.25, 0.3) is 0 Å². The van der Waals surface area contributed by atoms with Crippen LogP contribution in [0.15, 0.2) is 29.5 Å². The van der Waals surface area contributed by atoms with Gasteiger partial charge in [-0.2, -0.15) is 10.1 Å². The van der Waals surface area contributed by atoms with E-state index in [-0.39, 0.29) is 5.95 Å². The molecule has 1 saturated heterocycles. The molecule has 0 unspecified atom stereocenters. The Labute approximate surface area is 140 Å². The molecule has 7 heteroatoms. The van der Waals surface area contributed by atoms with Crippen molar-refractivity contribution in [3.05, 3.63) is 41.3 Å². The molecule has 0 aliphatic carbocycles. The Morgan fingerprint density at radius 3 is 2.88 bits per heavy atom. The monoisotopic (exact) mass is 329 g/mol. The van der Waals surface area contributed by atoms with Crippen LogP contribution in [0.2, 0.25) is 0 Å². The number of nitrogens with one attached hydrogen (secondary N) is 1. The first-order valence-corrected chi connectivity index (χ1v) is 7.89. The zero-order valence-electron chi connectivity index (χ0n) is 13.8. The van der Waals surface area contributed by atoms with Gasteiger partial charge in [0, 0.05) is 18.7 Å². The van der Waals surface area contributed by atoms with Crippen molar-refractivity contribution < 1.29 is 9.13 Å². The molecule has 6 nitrogen and oxygen atoms in total. The maximum Gasteiger partial charge on any atom is 0.245 e. The Hall–Kier alpha value is -2.70. The lowest BCUT2D eigenvalue weighted by Gasteiger charge is -2.16. The smallest absolute Gasteiger partial charge is 0.245 e. The molecule has 0 bridgehead atoms. The molecule has 1 aromatic heterocycles. The van der Waals surface area contributed by atoms with Gasteiger partial charge in [0.05, 0.1) is 19.5 Å². The first-order valence-electron chi connectivity index (χ1n) is 7.89. The van der Waals surface area contributed by atoms with E-state index in [2.05, 4.69) is 20.5 Å². The molecule has 0 radical (unpaired) electrons. The predicted molar refractivity (Wildman–Crippen MR) is 92.4 cm³/mol. The first kappa shape index (κ1) is 16.2. The van der Waals surface area contributed by atoms with E-state index in [4.69, 9.17) is 4.74 Å². The Balaban J connectivity index is 1.75. The molecule has 1 aliphatic heterocycles. The second kappa shape index (κ2) is 7.25. The van der Waals surface area contributed by atoms with Crippen LogP contribution < -0.4 is 15.1 Å². The molecule has 126 valence electrons. The van der Waals surface area contributed by atoms with Crippen LogP contribution in [-0.4, -0.2) is 36.4 Å². The molecular formula is C17H20FN5O. The molecule has 1 N–H and O–H groups in total. The SMILES string of the molecule is COc1c(C)cccc1C=NNc1ncc(F)c(N2CCCC2)n1. The molecule has 0 saturated carbocycles. The van der Waals surface area contributed by atoms with Gasteiger partial charge in [0.15, 0.2) is 11.6 Å². The van der Waals surface area contributed by atoms with Gasteiger partial charge in [-0.1, -0.05) is 12.1 Å². The van der Waals surface area contributed by atoms with Crippen LogP contribution in [0.1, 0.15) is 24.0 Å². The highest BCUT2D eigenvalue weighted by molar-refractivity contribution is 5.84. The van der Waals surface area contributed by atoms with Crippen molar-refractivity contribution in [2.75, 3.05) is 30.5 Å². The number of nitrogens with zero attached hydrogens (tertiary/aromatic N) is 4. The van der Waals surface area contributed by atoms with Gasteiger partial charge >= 0.3 is 0 Å². The lowest BCUT2D eigenvalue weighted by Crippen LogP contribution is -2.21. The number of methoxy groups -OCH3 is 1. The van der Waals surface area contributed by atoms with Crippen molar-refractivity contribution in [2.24, 2.45) is 5.10 Å². The minimum atomic E-state index is -0.410. The fourth-order valence-corrected chi connectivity index (χ4v) is 2.78. The third kappa shape index (κ3) is 3.45. The normalized spacial score (nSPS) is 14.4. The molecule has 0 amide bonds. The Morgan fingerprint density at radius 1 is 1.33 bits per heavy atom. The summed E-state index contributed by atoms with van der Waals surface area (Å²) in [6, 6.07) is 5.80. The van der Waals surface area contributed by atoms with Crippen LogP contribution >= 0.6 is 0 Å². The quantitative estimate of drug-likeness (QED) is 0.675. The number of hydrazone groups is 1. The van der Waals surface area contributed by atoms with Gasteiger partial charge in [0.2, 0.25) is 5.95 Å². The largest absolute Gasteiger partial charge is 0.496 e. The van der Waals surface area contributed by atoms with E-state index in [0.717, 1.165) is 42.8 Å². The van der Waals surface area contributed by atoms with Crippen LogP contribution in [0.3, 0.4) is 0 Å². The summed E-state index contributed by atoms with van der Waals surface area (Å²) in [4.78, 5) is 10.1. The van der Waals surface area contributed by atoms with Crippen LogP contribution in [0.4, 0.5) is 16.2 Å². The number of aryl methyl sites for hydroxylation is 1. The fourth-order valence-electron chi connectivity index (χ4n) is 2.78. The molecule has 2 aromatic rings. The summed E-state index contributed by atoms with van der Waals surface area (Å²) in [6.07, 6.45) is 4.91. The third-order valence-electron chi connectivity index (χ3n) is 3.95. The average molecular weight is 329 g/mol. The molecule has 24 heavy (non-hydrogen) atoms. The second-order valence-corrected chi connectivity index (χ2v) is 5.63. The van der Waals surface area contributed by atoms with Crippen molar-refractivity contribution in [2.45, 2.75) is 19.8 Å². The van der Waals surface area contributed by atoms with Gasteiger partial charge in [0.1, 0.15) is 5.75 Å². The molecule has 2 heterocycles. The zero-order valence-corrected chi connectivity index (χ0v) is 13.8. The summed E-state index contributed by atoms with van der Waals surface area (Å²) in [6.45, 7) is 3.60. The van der Waals surface area contributed by atoms with Crippen molar-refractivity contribution in [1.29, 1.82) is 0 Å². The van der Waals surface area contributed by atoms with E-state index in [1.54, 1.807) is 13.3 Å². The molecule has 0 atom stereocenters. The zero-order chi connectivity index (χ0) is 16.9. The number of halogens is 1. The number of hydrogen-bond acceptors (Lipinski definition) is 6. The molecule has 3 rings (SSSR count). The van der Waals surface area contributed by atoms with Crippen LogP contribution in [0.25, 0.3) is 0 Å². The maximum absolute atomic E-state index is 13.9. The first-order chi connectivity index (χ1) is 11.7. The molecule has 0 spiro atoms. The summed E-state index contributed by atoms with van der Waals surface area (Å²) in [7, 11) is 1.62. The minimum absolute atomic E-state index is 0.265. The number of anilines is 2. The van der Waals surface area contributed by atoms with E-state index < -0.39 is 5.82 Å². The van der Waals surface area contributed by atoms with Crippen LogP contribution in [-0.2, 0) is 0 Å². The van der Waals surface area contributed by atoms with Gasteiger partial charge in [-0.15, -0.1) is 0 Å². The Bertz CT molecular complexity index is 744. The summed E-state index contributed by atoms with van der Waals surface area (Å²) in [5, 5.41) is 4.14. The Morgan fingerprint density at radius 2 is 2.12 bits per heavy atom. The molecule has 1 fully saturated rings.